The third-order valence-corrected chi connectivity index (χ3v) is 4.61. The van der Waals surface area contributed by atoms with Gasteiger partial charge in [0, 0.05) is 28.3 Å². The summed E-state index contributed by atoms with van der Waals surface area (Å²) in [6.45, 7) is 2.13. The Hall–Kier alpha value is -2.30. The highest BCUT2D eigenvalue weighted by atomic mass is 19.1. The summed E-state index contributed by atoms with van der Waals surface area (Å²) in [4.78, 5) is 3.32. The quantitative estimate of drug-likeness (QED) is 0.706. The predicted octanol–water partition coefficient (Wildman–Crippen LogP) is 5.12. The first-order valence-electron chi connectivity index (χ1n) is 8.51. The van der Waals surface area contributed by atoms with Crippen molar-refractivity contribution < 1.29 is 8.78 Å². The Balaban J connectivity index is 1.91. The van der Waals surface area contributed by atoms with Crippen LogP contribution in [-0.4, -0.2) is 15.2 Å². The minimum atomic E-state index is -0.563. The molecule has 5 heteroatoms. The summed E-state index contributed by atoms with van der Waals surface area (Å²) < 4.78 is 27.7. The topological polar surface area (TPSA) is 41.6 Å². The van der Waals surface area contributed by atoms with E-state index >= 15 is 0 Å². The molecule has 0 unspecified atom stereocenters. The molecule has 1 N–H and O–H groups in total. The molecule has 2 heterocycles. The molecule has 0 atom stereocenters. The van der Waals surface area contributed by atoms with E-state index in [1.165, 1.54) is 12.1 Å². The van der Waals surface area contributed by atoms with Crippen molar-refractivity contribution in [1.29, 1.82) is 0 Å². The maximum Gasteiger partial charge on any atom is 0.160 e. The van der Waals surface area contributed by atoms with Crippen LogP contribution in [0.15, 0.2) is 24.3 Å². The molecule has 0 bridgehead atoms. The lowest BCUT2D eigenvalue weighted by Crippen LogP contribution is -1.93. The number of rotatable bonds is 5. The fourth-order valence-corrected chi connectivity index (χ4v) is 3.19. The summed E-state index contributed by atoms with van der Waals surface area (Å²) in [7, 11) is 0. The molecule has 0 spiro atoms. The van der Waals surface area contributed by atoms with Crippen LogP contribution in [0.2, 0.25) is 0 Å². The fourth-order valence-electron chi connectivity index (χ4n) is 3.19. The Labute approximate surface area is 139 Å². The maximum atomic E-state index is 14.4. The molecule has 1 fully saturated rings. The monoisotopic (exact) mass is 327 g/mol. The lowest BCUT2D eigenvalue weighted by Gasteiger charge is -2.06. The van der Waals surface area contributed by atoms with Crippen molar-refractivity contribution in [1.82, 2.24) is 15.2 Å². The minimum absolute atomic E-state index is 0.401. The van der Waals surface area contributed by atoms with E-state index in [2.05, 4.69) is 22.1 Å². The minimum Gasteiger partial charge on any atom is -0.341 e. The molecule has 0 radical (unpaired) electrons. The Morgan fingerprint density at radius 3 is 2.71 bits per heavy atom. The van der Waals surface area contributed by atoms with Crippen molar-refractivity contribution in [2.75, 3.05) is 0 Å². The molecule has 4 rings (SSSR count). The van der Waals surface area contributed by atoms with Gasteiger partial charge in [0.15, 0.2) is 5.65 Å². The standard InChI is InChI=1S/C19H19F2N3/c1-2-3-4-13-10-15-17(14-8-7-12(20)9-16(14)21)18(11-5-6-11)22-19(15)24-23-13/h7-11H,2-6H2,1H3,(H,22,24). The number of nitrogens with one attached hydrogen (secondary N) is 1. The van der Waals surface area contributed by atoms with E-state index in [0.29, 0.717) is 17.1 Å². The van der Waals surface area contributed by atoms with Crippen LogP contribution < -0.4 is 0 Å². The number of hydrogen-bond donors (Lipinski definition) is 1. The van der Waals surface area contributed by atoms with Gasteiger partial charge < -0.3 is 4.98 Å². The SMILES string of the molecule is CCCCc1cc2c(-c3ccc(F)cc3F)c(C3CC3)[nH]c2nn1. The number of aryl methyl sites for hydroxylation is 1. The van der Waals surface area contributed by atoms with E-state index in [-0.39, 0.29) is 0 Å². The Kier molecular flexibility index (Phi) is 3.79. The Bertz CT molecular complexity index is 897. The number of aromatic nitrogens is 3. The third kappa shape index (κ3) is 2.68. The number of benzene rings is 1. The Morgan fingerprint density at radius 2 is 2.00 bits per heavy atom. The number of hydrogen-bond acceptors (Lipinski definition) is 2. The van der Waals surface area contributed by atoms with Gasteiger partial charge in [-0.2, -0.15) is 5.10 Å². The summed E-state index contributed by atoms with van der Waals surface area (Å²) in [5.41, 5.74) is 3.83. The average molecular weight is 327 g/mol. The zero-order chi connectivity index (χ0) is 16.7. The number of H-pyrrole nitrogens is 1. The van der Waals surface area contributed by atoms with Gasteiger partial charge in [0.1, 0.15) is 11.6 Å². The van der Waals surface area contributed by atoms with Crippen LogP contribution in [0, 0.1) is 11.6 Å². The number of aromatic amines is 1. The van der Waals surface area contributed by atoms with Gasteiger partial charge in [-0.15, -0.1) is 5.10 Å². The van der Waals surface area contributed by atoms with Crippen LogP contribution in [-0.2, 0) is 6.42 Å². The van der Waals surface area contributed by atoms with Crippen molar-refractivity contribution in [3.05, 3.63) is 47.3 Å². The van der Waals surface area contributed by atoms with E-state index in [4.69, 9.17) is 0 Å². The van der Waals surface area contributed by atoms with Crippen LogP contribution in [0.25, 0.3) is 22.2 Å². The molecule has 0 aliphatic heterocycles. The van der Waals surface area contributed by atoms with Gasteiger partial charge in [-0.25, -0.2) is 8.78 Å². The van der Waals surface area contributed by atoms with Crippen LogP contribution in [0.1, 0.15) is 49.9 Å². The fraction of sp³-hybridized carbons (Fsp3) is 0.368. The van der Waals surface area contributed by atoms with Crippen molar-refractivity contribution in [3.63, 3.8) is 0 Å². The van der Waals surface area contributed by atoms with Gasteiger partial charge in [0.2, 0.25) is 0 Å². The number of unbranched alkanes of at least 4 members (excludes halogenated alkanes) is 1. The second kappa shape index (κ2) is 5.96. The summed E-state index contributed by atoms with van der Waals surface area (Å²) in [6, 6.07) is 5.77. The largest absolute Gasteiger partial charge is 0.341 e. The van der Waals surface area contributed by atoms with Crippen LogP contribution >= 0.6 is 0 Å². The molecule has 2 aromatic heterocycles. The summed E-state index contributed by atoms with van der Waals surface area (Å²) in [6.07, 6.45) is 5.15. The molecule has 1 aliphatic rings. The zero-order valence-corrected chi connectivity index (χ0v) is 13.6. The first-order chi connectivity index (χ1) is 11.7. The molecule has 124 valence electrons. The van der Waals surface area contributed by atoms with Crippen LogP contribution in [0.4, 0.5) is 8.78 Å². The zero-order valence-electron chi connectivity index (χ0n) is 13.6. The Morgan fingerprint density at radius 1 is 1.17 bits per heavy atom. The smallest absolute Gasteiger partial charge is 0.160 e. The lowest BCUT2D eigenvalue weighted by molar-refractivity contribution is 0.585. The molecular weight excluding hydrogens is 308 g/mol. The van der Waals surface area contributed by atoms with Crippen LogP contribution in [0.5, 0.6) is 0 Å². The first kappa shape index (κ1) is 15.2. The van der Waals surface area contributed by atoms with E-state index in [1.807, 2.05) is 6.07 Å². The van der Waals surface area contributed by atoms with Crippen molar-refractivity contribution in [2.45, 2.75) is 44.9 Å². The van der Waals surface area contributed by atoms with Gasteiger partial charge in [-0.1, -0.05) is 13.3 Å². The molecule has 1 aromatic carbocycles. The average Bonchev–Trinajstić information content (AvgIpc) is 3.35. The van der Waals surface area contributed by atoms with Crippen molar-refractivity contribution in [2.24, 2.45) is 0 Å². The number of nitrogens with zero attached hydrogens (tertiary/aromatic N) is 2. The third-order valence-electron chi connectivity index (χ3n) is 4.61. The summed E-state index contributed by atoms with van der Waals surface area (Å²) >= 11 is 0. The van der Waals surface area contributed by atoms with E-state index < -0.39 is 11.6 Å². The molecule has 1 aliphatic carbocycles. The van der Waals surface area contributed by atoms with Crippen molar-refractivity contribution >= 4 is 11.0 Å². The highest BCUT2D eigenvalue weighted by molar-refractivity contribution is 5.96. The van der Waals surface area contributed by atoms with Crippen LogP contribution in [0.3, 0.4) is 0 Å². The molecule has 3 aromatic rings. The second-order valence-corrected chi connectivity index (χ2v) is 6.51. The highest BCUT2D eigenvalue weighted by Gasteiger charge is 2.31. The molecule has 24 heavy (non-hydrogen) atoms. The lowest BCUT2D eigenvalue weighted by atomic mass is 9.99. The van der Waals surface area contributed by atoms with E-state index in [0.717, 1.165) is 60.5 Å². The molecule has 0 amide bonds. The molecule has 0 saturated heterocycles. The molecule has 3 nitrogen and oxygen atoms in total. The van der Waals surface area contributed by atoms with Gasteiger partial charge in [0.25, 0.3) is 0 Å². The van der Waals surface area contributed by atoms with E-state index in [9.17, 15) is 8.78 Å². The van der Waals surface area contributed by atoms with Gasteiger partial charge in [-0.05, 0) is 49.8 Å². The number of halogens is 2. The molecular formula is C19H19F2N3. The highest BCUT2D eigenvalue weighted by Crippen LogP contribution is 2.46. The maximum absolute atomic E-state index is 14.4. The summed E-state index contributed by atoms with van der Waals surface area (Å²) in [5.74, 6) is -0.699. The normalized spacial score (nSPS) is 14.5. The second-order valence-electron chi connectivity index (χ2n) is 6.51. The van der Waals surface area contributed by atoms with Gasteiger partial charge in [-0.3, -0.25) is 0 Å². The summed E-state index contributed by atoms with van der Waals surface area (Å²) in [5, 5.41) is 9.45. The van der Waals surface area contributed by atoms with Gasteiger partial charge in [0.05, 0.1) is 5.69 Å². The number of fused-ring (bicyclic) bond motifs is 1. The first-order valence-corrected chi connectivity index (χ1v) is 8.51. The molecule has 1 saturated carbocycles. The van der Waals surface area contributed by atoms with Gasteiger partial charge >= 0.3 is 0 Å². The predicted molar refractivity (Wildman–Crippen MR) is 89.8 cm³/mol. The van der Waals surface area contributed by atoms with Crippen molar-refractivity contribution in [3.8, 4) is 11.1 Å². The van der Waals surface area contributed by atoms with E-state index in [1.54, 1.807) is 0 Å².